The van der Waals surface area contributed by atoms with Crippen LogP contribution in [0.1, 0.15) is 42.9 Å². The molecular formula is C34H39N5O2S. The van der Waals surface area contributed by atoms with Crippen molar-refractivity contribution in [3.05, 3.63) is 95.6 Å². The molecule has 0 radical (unpaired) electrons. The van der Waals surface area contributed by atoms with Crippen molar-refractivity contribution in [2.45, 2.75) is 57.7 Å². The molecule has 1 aliphatic rings. The quantitative estimate of drug-likeness (QED) is 0.167. The van der Waals surface area contributed by atoms with Crippen LogP contribution in [0.4, 0.5) is 0 Å². The van der Waals surface area contributed by atoms with Gasteiger partial charge in [0.25, 0.3) is 0 Å². The number of aryl methyl sites for hydroxylation is 3. The molecule has 1 atom stereocenters. The number of thioether (sulfide) groups is 1. The van der Waals surface area contributed by atoms with E-state index < -0.39 is 0 Å². The number of carbonyl (C=O) groups excluding carboxylic acids is 2. The average Bonchev–Trinajstić information content (AvgIpc) is 3.42. The van der Waals surface area contributed by atoms with Crippen molar-refractivity contribution < 1.29 is 9.59 Å². The summed E-state index contributed by atoms with van der Waals surface area (Å²) in [5.74, 6) is 1.89. The summed E-state index contributed by atoms with van der Waals surface area (Å²) in [5.41, 5.74) is 5.59. The Morgan fingerprint density at radius 2 is 1.64 bits per heavy atom. The van der Waals surface area contributed by atoms with Gasteiger partial charge in [0, 0.05) is 55.5 Å². The largest absolute Gasteiger partial charge is 0.339 e. The van der Waals surface area contributed by atoms with Crippen LogP contribution in [-0.2, 0) is 16.0 Å². The first-order valence-corrected chi connectivity index (χ1v) is 15.7. The molecule has 0 N–H and O–H groups in total. The third-order valence-electron chi connectivity index (χ3n) is 7.74. The van der Waals surface area contributed by atoms with E-state index in [9.17, 15) is 9.59 Å². The van der Waals surface area contributed by atoms with Crippen LogP contribution in [0.3, 0.4) is 0 Å². The van der Waals surface area contributed by atoms with Crippen molar-refractivity contribution in [2.24, 2.45) is 0 Å². The third kappa shape index (κ3) is 7.29. The number of rotatable bonds is 10. The first-order chi connectivity index (χ1) is 20.4. The molecule has 7 nitrogen and oxygen atoms in total. The SMILES string of the molecule is Cc1ccc(-c2nnc(SCCCC(=O)N3CCN(C(=O)CCc4ccccc4)C(C)C3)n2-c2cccc(C)c2)cc1. The van der Waals surface area contributed by atoms with E-state index in [1.165, 1.54) is 16.7 Å². The molecular weight excluding hydrogens is 542 g/mol. The van der Waals surface area contributed by atoms with Crippen LogP contribution in [0.15, 0.2) is 84.0 Å². The molecule has 1 fully saturated rings. The van der Waals surface area contributed by atoms with E-state index in [1.54, 1.807) is 11.8 Å². The summed E-state index contributed by atoms with van der Waals surface area (Å²) in [6, 6.07) is 26.8. The van der Waals surface area contributed by atoms with Crippen molar-refractivity contribution >= 4 is 23.6 Å². The molecule has 1 saturated heterocycles. The van der Waals surface area contributed by atoms with Gasteiger partial charge in [0.15, 0.2) is 11.0 Å². The minimum Gasteiger partial charge on any atom is -0.339 e. The lowest BCUT2D eigenvalue weighted by Gasteiger charge is -2.40. The molecule has 0 saturated carbocycles. The summed E-state index contributed by atoms with van der Waals surface area (Å²) >= 11 is 1.63. The van der Waals surface area contributed by atoms with Gasteiger partial charge >= 0.3 is 0 Å². The lowest BCUT2D eigenvalue weighted by atomic mass is 10.1. The number of hydrogen-bond donors (Lipinski definition) is 0. The first-order valence-electron chi connectivity index (χ1n) is 14.7. The molecule has 5 rings (SSSR count). The molecule has 42 heavy (non-hydrogen) atoms. The van der Waals surface area contributed by atoms with Crippen LogP contribution < -0.4 is 0 Å². The van der Waals surface area contributed by atoms with Gasteiger partial charge in [-0.1, -0.05) is 84.1 Å². The molecule has 2 amide bonds. The van der Waals surface area contributed by atoms with Gasteiger partial charge in [0.05, 0.1) is 0 Å². The van der Waals surface area contributed by atoms with E-state index in [1.807, 2.05) is 41.0 Å². The summed E-state index contributed by atoms with van der Waals surface area (Å²) in [6.07, 6.45) is 2.46. The van der Waals surface area contributed by atoms with Gasteiger partial charge in [0.1, 0.15) is 0 Å². The molecule has 1 aliphatic heterocycles. The number of amides is 2. The standard InChI is InChI=1S/C34H39N5O2S/c1-25-14-17-29(18-15-25)33-35-36-34(39(33)30-12-7-9-26(2)23-30)42-22-8-13-31(40)37-20-21-38(27(3)24-37)32(41)19-16-28-10-5-4-6-11-28/h4-7,9-12,14-15,17-18,23,27H,8,13,16,19-22,24H2,1-3H3. The van der Waals surface area contributed by atoms with Gasteiger partial charge < -0.3 is 9.80 Å². The highest BCUT2D eigenvalue weighted by atomic mass is 32.2. The number of aromatic nitrogens is 3. The molecule has 0 spiro atoms. The number of carbonyl (C=O) groups is 2. The average molecular weight is 582 g/mol. The van der Waals surface area contributed by atoms with E-state index in [-0.39, 0.29) is 17.9 Å². The maximum absolute atomic E-state index is 13.1. The Balaban J connectivity index is 1.14. The second-order valence-corrected chi connectivity index (χ2v) is 12.1. The number of benzene rings is 3. The Kier molecular flexibility index (Phi) is 9.74. The third-order valence-corrected chi connectivity index (χ3v) is 8.76. The number of hydrogen-bond acceptors (Lipinski definition) is 5. The Morgan fingerprint density at radius 1 is 0.857 bits per heavy atom. The minimum atomic E-state index is 0.0217. The van der Waals surface area contributed by atoms with E-state index in [0.717, 1.165) is 40.8 Å². The minimum absolute atomic E-state index is 0.0217. The Bertz CT molecular complexity index is 1500. The highest BCUT2D eigenvalue weighted by Crippen LogP contribution is 2.29. The molecule has 0 bridgehead atoms. The van der Waals surface area contributed by atoms with Crippen molar-refractivity contribution in [1.29, 1.82) is 0 Å². The van der Waals surface area contributed by atoms with Crippen molar-refractivity contribution in [2.75, 3.05) is 25.4 Å². The molecule has 218 valence electrons. The molecule has 1 aromatic heterocycles. The Labute approximate surface area is 252 Å². The molecule has 0 aliphatic carbocycles. The van der Waals surface area contributed by atoms with Crippen LogP contribution in [0, 0.1) is 13.8 Å². The fourth-order valence-electron chi connectivity index (χ4n) is 5.39. The highest BCUT2D eigenvalue weighted by Gasteiger charge is 2.29. The van der Waals surface area contributed by atoms with Gasteiger partial charge in [0.2, 0.25) is 11.8 Å². The van der Waals surface area contributed by atoms with Crippen LogP contribution in [0.2, 0.25) is 0 Å². The van der Waals surface area contributed by atoms with Gasteiger partial charge in [-0.15, -0.1) is 10.2 Å². The monoisotopic (exact) mass is 581 g/mol. The van der Waals surface area contributed by atoms with Crippen LogP contribution in [0.25, 0.3) is 17.1 Å². The van der Waals surface area contributed by atoms with Gasteiger partial charge in [-0.2, -0.15) is 0 Å². The zero-order valence-electron chi connectivity index (χ0n) is 24.7. The maximum atomic E-state index is 13.1. The van der Waals surface area contributed by atoms with Crippen molar-refractivity contribution in [3.8, 4) is 17.1 Å². The first kappa shape index (κ1) is 29.6. The topological polar surface area (TPSA) is 71.3 Å². The lowest BCUT2D eigenvalue weighted by molar-refractivity contribution is -0.142. The Morgan fingerprint density at radius 3 is 2.38 bits per heavy atom. The molecule has 8 heteroatoms. The maximum Gasteiger partial charge on any atom is 0.223 e. The predicted octanol–water partition coefficient (Wildman–Crippen LogP) is 6.12. The number of nitrogens with zero attached hydrogens (tertiary/aromatic N) is 5. The summed E-state index contributed by atoms with van der Waals surface area (Å²) in [4.78, 5) is 29.8. The smallest absolute Gasteiger partial charge is 0.223 e. The fraction of sp³-hybridized carbons (Fsp3) is 0.353. The highest BCUT2D eigenvalue weighted by molar-refractivity contribution is 7.99. The van der Waals surface area contributed by atoms with Gasteiger partial charge in [-0.25, -0.2) is 0 Å². The summed E-state index contributed by atoms with van der Waals surface area (Å²) < 4.78 is 2.11. The summed E-state index contributed by atoms with van der Waals surface area (Å²) in [7, 11) is 0. The van der Waals surface area contributed by atoms with E-state index in [4.69, 9.17) is 0 Å². The molecule has 3 aromatic carbocycles. The van der Waals surface area contributed by atoms with Crippen LogP contribution in [-0.4, -0.2) is 67.8 Å². The zero-order chi connectivity index (χ0) is 29.5. The van der Waals surface area contributed by atoms with Gasteiger partial charge in [-0.3, -0.25) is 14.2 Å². The normalized spacial score (nSPS) is 15.2. The molecule has 4 aromatic rings. The summed E-state index contributed by atoms with van der Waals surface area (Å²) in [6.45, 7) is 7.97. The molecule has 2 heterocycles. The summed E-state index contributed by atoms with van der Waals surface area (Å²) in [5, 5.41) is 9.91. The lowest BCUT2D eigenvalue weighted by Crippen LogP contribution is -2.55. The second kappa shape index (κ2) is 13.8. The van der Waals surface area contributed by atoms with Crippen LogP contribution in [0.5, 0.6) is 0 Å². The number of piperazine rings is 1. The van der Waals surface area contributed by atoms with Crippen molar-refractivity contribution in [3.63, 3.8) is 0 Å². The van der Waals surface area contributed by atoms with Crippen molar-refractivity contribution in [1.82, 2.24) is 24.6 Å². The zero-order valence-corrected chi connectivity index (χ0v) is 25.5. The van der Waals surface area contributed by atoms with E-state index in [0.29, 0.717) is 32.5 Å². The predicted molar refractivity (Wildman–Crippen MR) is 169 cm³/mol. The second-order valence-electron chi connectivity index (χ2n) is 11.1. The van der Waals surface area contributed by atoms with E-state index in [2.05, 4.69) is 83.2 Å². The molecule has 1 unspecified atom stereocenters. The Hall–Kier alpha value is -3.91. The van der Waals surface area contributed by atoms with E-state index >= 15 is 0 Å². The van der Waals surface area contributed by atoms with Crippen LogP contribution >= 0.6 is 11.8 Å². The van der Waals surface area contributed by atoms with Gasteiger partial charge in [-0.05, 0) is 56.9 Å². The fourth-order valence-corrected chi connectivity index (χ4v) is 6.28.